The Labute approximate surface area is 97.1 Å². The Balaban J connectivity index is 1.56. The molecule has 2 atom stereocenters. The minimum absolute atomic E-state index is 0.0872. The number of hydrogen-bond donors (Lipinski definition) is 1. The van der Waals surface area contributed by atoms with Crippen molar-refractivity contribution in [2.75, 3.05) is 26.4 Å². The summed E-state index contributed by atoms with van der Waals surface area (Å²) in [6.45, 7) is 2.60. The Morgan fingerprint density at radius 2 is 2.06 bits per heavy atom. The molecule has 92 valence electrons. The van der Waals surface area contributed by atoms with E-state index in [1.165, 1.54) is 25.7 Å². The van der Waals surface area contributed by atoms with Crippen LogP contribution in [0.2, 0.25) is 0 Å². The molecule has 16 heavy (non-hydrogen) atoms. The average Bonchev–Trinajstić information content (AvgIpc) is 3.19. The maximum Gasteiger partial charge on any atom is 0.0704 e. The molecule has 1 saturated heterocycles. The Morgan fingerprint density at radius 3 is 2.69 bits per heavy atom. The van der Waals surface area contributed by atoms with Crippen LogP contribution in [0.3, 0.4) is 0 Å². The van der Waals surface area contributed by atoms with Crippen LogP contribution >= 0.6 is 0 Å². The molecule has 0 spiro atoms. The largest absolute Gasteiger partial charge is 0.396 e. The van der Waals surface area contributed by atoms with Crippen LogP contribution in [-0.4, -0.2) is 37.6 Å². The molecule has 1 aliphatic heterocycles. The third-order valence-corrected chi connectivity index (χ3v) is 4.31. The minimum atomic E-state index is -0.0872. The number of hydrogen-bond acceptors (Lipinski definition) is 3. The highest BCUT2D eigenvalue weighted by Gasteiger charge is 2.51. The Hall–Kier alpha value is -0.120. The summed E-state index contributed by atoms with van der Waals surface area (Å²) in [6.07, 6.45) is 6.43. The zero-order chi connectivity index (χ0) is 11.0. The minimum Gasteiger partial charge on any atom is -0.396 e. The second-order valence-corrected chi connectivity index (χ2v) is 5.86. The highest BCUT2D eigenvalue weighted by molar-refractivity contribution is 4.99. The first-order valence-corrected chi connectivity index (χ1v) is 6.64. The van der Waals surface area contributed by atoms with Crippen LogP contribution < -0.4 is 0 Å². The lowest BCUT2D eigenvalue weighted by Crippen LogP contribution is -2.40. The molecule has 3 nitrogen and oxygen atoms in total. The van der Waals surface area contributed by atoms with Crippen LogP contribution in [-0.2, 0) is 9.47 Å². The fourth-order valence-corrected chi connectivity index (χ4v) is 2.83. The van der Waals surface area contributed by atoms with Gasteiger partial charge >= 0.3 is 0 Å². The van der Waals surface area contributed by atoms with Gasteiger partial charge in [0.1, 0.15) is 0 Å². The molecular weight excluding hydrogens is 204 g/mol. The van der Waals surface area contributed by atoms with E-state index in [9.17, 15) is 5.11 Å². The van der Waals surface area contributed by atoms with Gasteiger partial charge in [0.15, 0.2) is 0 Å². The number of rotatable bonds is 6. The SMILES string of the molecule is OCC1(COCC2CC2)CCOC1C1CC1. The van der Waals surface area contributed by atoms with Crippen molar-refractivity contribution in [2.24, 2.45) is 17.3 Å². The molecule has 2 aliphatic carbocycles. The summed E-state index contributed by atoms with van der Waals surface area (Å²) < 4.78 is 11.6. The Bertz CT molecular complexity index is 248. The quantitative estimate of drug-likeness (QED) is 0.747. The zero-order valence-electron chi connectivity index (χ0n) is 9.86. The topological polar surface area (TPSA) is 38.7 Å². The van der Waals surface area contributed by atoms with Crippen LogP contribution in [0.4, 0.5) is 0 Å². The molecule has 0 bridgehead atoms. The van der Waals surface area contributed by atoms with Gasteiger partial charge in [0, 0.05) is 18.6 Å². The molecule has 3 fully saturated rings. The fourth-order valence-electron chi connectivity index (χ4n) is 2.83. The van der Waals surface area contributed by atoms with Crippen LogP contribution in [0.15, 0.2) is 0 Å². The summed E-state index contributed by atoms with van der Waals surface area (Å²) in [5, 5.41) is 9.68. The second-order valence-electron chi connectivity index (χ2n) is 5.86. The highest BCUT2D eigenvalue weighted by atomic mass is 16.5. The number of aliphatic hydroxyl groups excluding tert-OH is 1. The standard InChI is InChI=1S/C13H22O3/c14-8-13(9-15-7-10-1-2-10)5-6-16-12(13)11-3-4-11/h10-12,14H,1-9H2. The molecule has 0 radical (unpaired) electrons. The van der Waals surface area contributed by atoms with Crippen molar-refractivity contribution in [2.45, 2.75) is 38.2 Å². The van der Waals surface area contributed by atoms with Gasteiger partial charge in [-0.1, -0.05) is 0 Å². The number of ether oxygens (including phenoxy) is 2. The molecule has 2 saturated carbocycles. The van der Waals surface area contributed by atoms with Crippen molar-refractivity contribution < 1.29 is 14.6 Å². The molecule has 3 aliphatic rings. The van der Waals surface area contributed by atoms with Crippen molar-refractivity contribution >= 4 is 0 Å². The lowest BCUT2D eigenvalue weighted by molar-refractivity contribution is -0.0542. The van der Waals surface area contributed by atoms with Crippen LogP contribution in [0, 0.1) is 17.3 Å². The summed E-state index contributed by atoms with van der Waals surface area (Å²) in [7, 11) is 0. The molecule has 0 amide bonds. The predicted octanol–water partition coefficient (Wildman–Crippen LogP) is 1.59. The second kappa shape index (κ2) is 4.28. The molecular formula is C13H22O3. The lowest BCUT2D eigenvalue weighted by atomic mass is 9.80. The van der Waals surface area contributed by atoms with Gasteiger partial charge in [0.2, 0.25) is 0 Å². The van der Waals surface area contributed by atoms with Gasteiger partial charge in [-0.05, 0) is 43.9 Å². The van der Waals surface area contributed by atoms with Crippen molar-refractivity contribution in [1.29, 1.82) is 0 Å². The highest BCUT2D eigenvalue weighted by Crippen LogP contribution is 2.48. The summed E-state index contributed by atoms with van der Waals surface area (Å²) in [6, 6.07) is 0. The maximum atomic E-state index is 9.68. The van der Waals surface area contributed by atoms with Crippen LogP contribution in [0.5, 0.6) is 0 Å². The maximum absolute atomic E-state index is 9.68. The van der Waals surface area contributed by atoms with E-state index in [0.717, 1.165) is 25.6 Å². The summed E-state index contributed by atoms with van der Waals surface area (Å²) in [4.78, 5) is 0. The van der Waals surface area contributed by atoms with E-state index in [-0.39, 0.29) is 18.1 Å². The van der Waals surface area contributed by atoms with E-state index in [0.29, 0.717) is 12.5 Å². The van der Waals surface area contributed by atoms with Gasteiger partial charge in [-0.2, -0.15) is 0 Å². The normalized spacial score (nSPS) is 39.2. The van der Waals surface area contributed by atoms with Gasteiger partial charge < -0.3 is 14.6 Å². The van der Waals surface area contributed by atoms with Crippen molar-refractivity contribution in [1.82, 2.24) is 0 Å². The average molecular weight is 226 g/mol. The van der Waals surface area contributed by atoms with E-state index in [1.807, 2.05) is 0 Å². The molecule has 3 heteroatoms. The van der Waals surface area contributed by atoms with Gasteiger partial charge in [-0.3, -0.25) is 0 Å². The third kappa shape index (κ3) is 2.13. The Kier molecular flexibility index (Phi) is 2.94. The van der Waals surface area contributed by atoms with Gasteiger partial charge in [0.05, 0.1) is 19.3 Å². The lowest BCUT2D eigenvalue weighted by Gasteiger charge is -2.32. The van der Waals surface area contributed by atoms with Crippen molar-refractivity contribution in [3.05, 3.63) is 0 Å². The predicted molar refractivity (Wildman–Crippen MR) is 60.1 cm³/mol. The fraction of sp³-hybridized carbons (Fsp3) is 1.00. The van der Waals surface area contributed by atoms with Gasteiger partial charge in [-0.25, -0.2) is 0 Å². The Morgan fingerprint density at radius 1 is 1.25 bits per heavy atom. The van der Waals surface area contributed by atoms with E-state index >= 15 is 0 Å². The van der Waals surface area contributed by atoms with E-state index in [4.69, 9.17) is 9.47 Å². The first-order valence-electron chi connectivity index (χ1n) is 6.64. The van der Waals surface area contributed by atoms with Gasteiger partial charge in [-0.15, -0.1) is 0 Å². The summed E-state index contributed by atoms with van der Waals surface area (Å²) in [5.41, 5.74) is -0.0872. The van der Waals surface area contributed by atoms with Crippen LogP contribution in [0.1, 0.15) is 32.1 Å². The molecule has 3 rings (SSSR count). The number of aliphatic hydroxyl groups is 1. The van der Waals surface area contributed by atoms with E-state index in [2.05, 4.69) is 0 Å². The molecule has 0 aromatic carbocycles. The van der Waals surface area contributed by atoms with E-state index in [1.54, 1.807) is 0 Å². The molecule has 1 N–H and O–H groups in total. The molecule has 0 aromatic rings. The third-order valence-electron chi connectivity index (χ3n) is 4.31. The van der Waals surface area contributed by atoms with E-state index < -0.39 is 0 Å². The first kappa shape index (κ1) is 11.0. The monoisotopic (exact) mass is 226 g/mol. The molecule has 1 heterocycles. The first-order chi connectivity index (χ1) is 7.84. The van der Waals surface area contributed by atoms with Crippen LogP contribution in [0.25, 0.3) is 0 Å². The molecule has 0 aromatic heterocycles. The molecule has 2 unspecified atom stereocenters. The zero-order valence-corrected chi connectivity index (χ0v) is 9.86. The van der Waals surface area contributed by atoms with Gasteiger partial charge in [0.25, 0.3) is 0 Å². The van der Waals surface area contributed by atoms with Crippen molar-refractivity contribution in [3.8, 4) is 0 Å². The summed E-state index contributed by atoms with van der Waals surface area (Å²) in [5.74, 6) is 1.50. The van der Waals surface area contributed by atoms with Crippen molar-refractivity contribution in [3.63, 3.8) is 0 Å². The summed E-state index contributed by atoms with van der Waals surface area (Å²) >= 11 is 0. The smallest absolute Gasteiger partial charge is 0.0704 e.